The molecule has 0 saturated heterocycles. The fourth-order valence-electron chi connectivity index (χ4n) is 0.776. The standard InChI is InChI=1S/C7H13NO5S/c1-6(7(10)5-9)8-3-2-4-14(11,12)13/h5-6,8H,2-4H2,1H3,(H,11,12,13)/t6-/m0/s1. The summed E-state index contributed by atoms with van der Waals surface area (Å²) in [4.78, 5) is 20.7. The molecule has 0 fully saturated rings. The largest absolute Gasteiger partial charge is 0.307 e. The predicted octanol–water partition coefficient (Wildman–Crippen LogP) is -0.990. The maximum absolute atomic E-state index is 10.7. The van der Waals surface area contributed by atoms with E-state index in [-0.39, 0.29) is 25.0 Å². The lowest BCUT2D eigenvalue weighted by Gasteiger charge is -2.08. The second-order valence-electron chi connectivity index (χ2n) is 2.84. The summed E-state index contributed by atoms with van der Waals surface area (Å²) in [6, 6.07) is -0.617. The van der Waals surface area contributed by atoms with Gasteiger partial charge in [-0.2, -0.15) is 8.42 Å². The molecule has 0 amide bonds. The maximum Gasteiger partial charge on any atom is 0.264 e. The van der Waals surface area contributed by atoms with Crippen LogP contribution in [0.2, 0.25) is 0 Å². The first kappa shape index (κ1) is 13.2. The monoisotopic (exact) mass is 223 g/mol. The van der Waals surface area contributed by atoms with E-state index in [1.165, 1.54) is 6.92 Å². The van der Waals surface area contributed by atoms with Crippen LogP contribution in [-0.4, -0.2) is 43.4 Å². The van der Waals surface area contributed by atoms with E-state index in [2.05, 4.69) is 5.32 Å². The number of nitrogens with one attached hydrogen (secondary N) is 1. The summed E-state index contributed by atoms with van der Waals surface area (Å²) in [5, 5.41) is 2.65. The van der Waals surface area contributed by atoms with Gasteiger partial charge >= 0.3 is 0 Å². The van der Waals surface area contributed by atoms with Crippen LogP contribution < -0.4 is 5.32 Å². The number of hydrogen-bond acceptors (Lipinski definition) is 5. The van der Waals surface area contributed by atoms with Crippen LogP contribution in [0.1, 0.15) is 13.3 Å². The van der Waals surface area contributed by atoms with Gasteiger partial charge in [-0.15, -0.1) is 0 Å². The molecule has 0 aromatic rings. The highest BCUT2D eigenvalue weighted by molar-refractivity contribution is 7.85. The van der Waals surface area contributed by atoms with Gasteiger partial charge in [-0.1, -0.05) is 0 Å². The Labute approximate surface area is 82.4 Å². The molecular formula is C7H13NO5S. The van der Waals surface area contributed by atoms with E-state index in [1.807, 2.05) is 0 Å². The number of Topliss-reactive ketones (excluding diaryl/α,β-unsaturated/α-hetero) is 1. The van der Waals surface area contributed by atoms with Crippen molar-refractivity contribution in [3.05, 3.63) is 0 Å². The van der Waals surface area contributed by atoms with Gasteiger partial charge < -0.3 is 5.32 Å². The quantitative estimate of drug-likeness (QED) is 0.249. The first-order valence-electron chi connectivity index (χ1n) is 4.04. The molecule has 0 heterocycles. The number of aldehydes is 1. The molecule has 0 rings (SSSR count). The zero-order chi connectivity index (χ0) is 11.2. The van der Waals surface area contributed by atoms with Crippen LogP contribution in [-0.2, 0) is 19.7 Å². The van der Waals surface area contributed by atoms with Crippen LogP contribution in [0.25, 0.3) is 0 Å². The summed E-state index contributed by atoms with van der Waals surface area (Å²) in [6.07, 6.45) is 0.399. The molecule has 0 bridgehead atoms. The lowest BCUT2D eigenvalue weighted by molar-refractivity contribution is -0.130. The normalized spacial score (nSPS) is 13.6. The Kier molecular flexibility index (Phi) is 5.51. The van der Waals surface area contributed by atoms with Crippen LogP contribution in [0, 0.1) is 0 Å². The van der Waals surface area contributed by atoms with Crippen molar-refractivity contribution in [3.8, 4) is 0 Å². The molecule has 0 aromatic heterocycles. The van der Waals surface area contributed by atoms with E-state index in [9.17, 15) is 18.0 Å². The number of carbonyl (C=O) groups excluding carboxylic acids is 2. The third kappa shape index (κ3) is 6.70. The Morgan fingerprint density at radius 3 is 2.57 bits per heavy atom. The Balaban J connectivity index is 3.65. The molecule has 0 saturated carbocycles. The van der Waals surface area contributed by atoms with Crippen molar-refractivity contribution in [3.63, 3.8) is 0 Å². The Bertz CT molecular complexity index is 297. The van der Waals surface area contributed by atoms with Gasteiger partial charge in [-0.3, -0.25) is 14.1 Å². The first-order chi connectivity index (χ1) is 6.37. The molecule has 0 aliphatic rings. The highest BCUT2D eigenvalue weighted by Crippen LogP contribution is 1.88. The van der Waals surface area contributed by atoms with Gasteiger partial charge in [0.25, 0.3) is 10.1 Å². The SMILES string of the molecule is C[C@H](NCCCS(=O)(=O)O)C(=O)C=O. The Hall–Kier alpha value is -0.790. The molecule has 1 atom stereocenters. The average Bonchev–Trinajstić information content (AvgIpc) is 2.09. The highest BCUT2D eigenvalue weighted by Gasteiger charge is 2.10. The minimum absolute atomic E-state index is 0.190. The van der Waals surface area contributed by atoms with Gasteiger partial charge in [-0.25, -0.2) is 0 Å². The molecule has 0 radical (unpaired) electrons. The molecule has 0 aliphatic heterocycles. The number of ketones is 1. The Morgan fingerprint density at radius 1 is 1.57 bits per heavy atom. The summed E-state index contributed by atoms with van der Waals surface area (Å²) in [5.74, 6) is -0.945. The molecule has 2 N–H and O–H groups in total. The first-order valence-corrected chi connectivity index (χ1v) is 5.65. The van der Waals surface area contributed by atoms with Gasteiger partial charge in [0, 0.05) is 0 Å². The summed E-state index contributed by atoms with van der Waals surface area (Å²) in [6.45, 7) is 1.75. The smallest absolute Gasteiger partial charge is 0.264 e. The van der Waals surface area contributed by atoms with E-state index >= 15 is 0 Å². The third-order valence-corrected chi connectivity index (χ3v) is 2.38. The summed E-state index contributed by atoms with van der Waals surface area (Å²) in [7, 11) is -3.94. The minimum atomic E-state index is -3.94. The average molecular weight is 223 g/mol. The van der Waals surface area contributed by atoms with Crippen LogP contribution in [0.3, 0.4) is 0 Å². The second-order valence-corrected chi connectivity index (χ2v) is 4.41. The fourth-order valence-corrected chi connectivity index (χ4v) is 1.28. The molecular weight excluding hydrogens is 210 g/mol. The van der Waals surface area contributed by atoms with Gasteiger partial charge in [0.15, 0.2) is 6.29 Å². The van der Waals surface area contributed by atoms with Crippen molar-refractivity contribution in [2.24, 2.45) is 0 Å². The zero-order valence-corrected chi connectivity index (χ0v) is 8.58. The lowest BCUT2D eigenvalue weighted by Crippen LogP contribution is -2.35. The third-order valence-electron chi connectivity index (χ3n) is 1.57. The van der Waals surface area contributed by atoms with Crippen molar-refractivity contribution in [1.82, 2.24) is 5.32 Å². The van der Waals surface area contributed by atoms with E-state index in [1.54, 1.807) is 0 Å². The number of rotatable bonds is 7. The summed E-state index contributed by atoms with van der Waals surface area (Å²) < 4.78 is 28.9. The summed E-state index contributed by atoms with van der Waals surface area (Å²) in [5.41, 5.74) is 0. The van der Waals surface area contributed by atoms with Crippen molar-refractivity contribution in [2.75, 3.05) is 12.3 Å². The molecule has 82 valence electrons. The van der Waals surface area contributed by atoms with E-state index in [0.717, 1.165) is 0 Å². The highest BCUT2D eigenvalue weighted by atomic mass is 32.2. The lowest BCUT2D eigenvalue weighted by atomic mass is 10.2. The van der Waals surface area contributed by atoms with E-state index in [4.69, 9.17) is 4.55 Å². The van der Waals surface area contributed by atoms with Crippen LogP contribution in [0.15, 0.2) is 0 Å². The molecule has 6 nitrogen and oxygen atoms in total. The maximum atomic E-state index is 10.7. The minimum Gasteiger partial charge on any atom is -0.307 e. The molecule has 7 heteroatoms. The molecule has 0 aromatic carbocycles. The summed E-state index contributed by atoms with van der Waals surface area (Å²) >= 11 is 0. The van der Waals surface area contributed by atoms with Crippen molar-refractivity contribution in [1.29, 1.82) is 0 Å². The van der Waals surface area contributed by atoms with E-state index in [0.29, 0.717) is 0 Å². The molecule has 0 spiro atoms. The predicted molar refractivity (Wildman–Crippen MR) is 49.6 cm³/mol. The van der Waals surface area contributed by atoms with Crippen molar-refractivity contribution >= 4 is 22.2 Å². The Morgan fingerprint density at radius 2 is 2.14 bits per heavy atom. The van der Waals surface area contributed by atoms with Crippen LogP contribution >= 0.6 is 0 Å². The van der Waals surface area contributed by atoms with Crippen LogP contribution in [0.5, 0.6) is 0 Å². The van der Waals surface area contributed by atoms with Gasteiger partial charge in [-0.05, 0) is 19.9 Å². The molecule has 0 unspecified atom stereocenters. The molecule has 0 aliphatic carbocycles. The topological polar surface area (TPSA) is 101 Å². The molecule has 14 heavy (non-hydrogen) atoms. The number of carbonyl (C=O) groups is 2. The van der Waals surface area contributed by atoms with Gasteiger partial charge in [0.2, 0.25) is 5.78 Å². The zero-order valence-electron chi connectivity index (χ0n) is 7.76. The van der Waals surface area contributed by atoms with Gasteiger partial charge in [0.05, 0.1) is 11.8 Å². The number of hydrogen-bond donors (Lipinski definition) is 2. The fraction of sp³-hybridized carbons (Fsp3) is 0.714. The van der Waals surface area contributed by atoms with Crippen molar-refractivity contribution in [2.45, 2.75) is 19.4 Å². The second kappa shape index (κ2) is 5.84. The van der Waals surface area contributed by atoms with Crippen LogP contribution in [0.4, 0.5) is 0 Å². The van der Waals surface area contributed by atoms with Gasteiger partial charge in [0.1, 0.15) is 0 Å². The van der Waals surface area contributed by atoms with E-state index < -0.39 is 21.9 Å². The van der Waals surface area contributed by atoms with Crippen molar-refractivity contribution < 1.29 is 22.6 Å².